The molecular formula is C21H24N4O2. The smallest absolute Gasteiger partial charge is 0.255 e. The molecule has 0 bridgehead atoms. The van der Waals surface area contributed by atoms with E-state index in [9.17, 15) is 9.59 Å². The lowest BCUT2D eigenvalue weighted by Gasteiger charge is -2.31. The van der Waals surface area contributed by atoms with Crippen LogP contribution in [-0.4, -0.2) is 32.7 Å². The van der Waals surface area contributed by atoms with Crippen molar-refractivity contribution >= 4 is 17.6 Å². The van der Waals surface area contributed by atoms with Gasteiger partial charge in [-0.25, -0.2) is 4.98 Å². The maximum absolute atomic E-state index is 13.1. The zero-order valence-electron chi connectivity index (χ0n) is 15.3. The molecule has 6 heteroatoms. The number of rotatable bonds is 5. The molecule has 1 aromatic heterocycles. The highest BCUT2D eigenvalue weighted by atomic mass is 16.2. The van der Waals surface area contributed by atoms with Gasteiger partial charge in [-0.15, -0.1) is 0 Å². The minimum Gasteiger partial charge on any atom is -0.322 e. The van der Waals surface area contributed by atoms with Crippen LogP contribution in [0.2, 0.25) is 0 Å². The first kappa shape index (κ1) is 17.6. The average Bonchev–Trinajstić information content (AvgIpc) is 3.04. The third kappa shape index (κ3) is 3.84. The number of benzene rings is 1. The molecule has 1 aromatic carbocycles. The quantitative estimate of drug-likeness (QED) is 0.882. The Labute approximate surface area is 159 Å². The summed E-state index contributed by atoms with van der Waals surface area (Å²) >= 11 is 0. The van der Waals surface area contributed by atoms with Crippen LogP contribution in [-0.2, 0) is 11.3 Å². The van der Waals surface area contributed by atoms with E-state index in [0.29, 0.717) is 30.3 Å². The first-order chi connectivity index (χ1) is 13.2. The van der Waals surface area contributed by atoms with Crippen LogP contribution < -0.4 is 5.32 Å². The summed E-state index contributed by atoms with van der Waals surface area (Å²) in [6.45, 7) is 0.486. The number of carbonyl (C=O) groups is 2. The van der Waals surface area contributed by atoms with E-state index in [-0.39, 0.29) is 11.8 Å². The molecule has 1 atom stereocenters. The van der Waals surface area contributed by atoms with Gasteiger partial charge in [0.25, 0.3) is 5.91 Å². The fraction of sp³-hybridized carbons (Fsp3) is 0.429. The van der Waals surface area contributed by atoms with Crippen LogP contribution in [0.15, 0.2) is 42.9 Å². The summed E-state index contributed by atoms with van der Waals surface area (Å²) in [6, 6.07) is 7.12. The van der Waals surface area contributed by atoms with Crippen LogP contribution in [0.25, 0.3) is 0 Å². The molecule has 2 heterocycles. The van der Waals surface area contributed by atoms with Gasteiger partial charge in [0.2, 0.25) is 5.91 Å². The number of hydrogen-bond donors (Lipinski definition) is 1. The van der Waals surface area contributed by atoms with E-state index in [0.717, 1.165) is 18.4 Å². The van der Waals surface area contributed by atoms with Crippen molar-refractivity contribution in [2.75, 3.05) is 5.32 Å². The van der Waals surface area contributed by atoms with Crippen LogP contribution in [0.3, 0.4) is 0 Å². The van der Waals surface area contributed by atoms with E-state index in [1.165, 1.54) is 25.5 Å². The third-order valence-electron chi connectivity index (χ3n) is 5.62. The Morgan fingerprint density at radius 2 is 2.00 bits per heavy atom. The number of nitrogens with zero attached hydrogens (tertiary/aromatic N) is 3. The van der Waals surface area contributed by atoms with E-state index in [2.05, 4.69) is 15.3 Å². The van der Waals surface area contributed by atoms with Crippen molar-refractivity contribution in [2.45, 2.75) is 51.1 Å². The lowest BCUT2D eigenvalue weighted by molar-refractivity contribution is -0.121. The van der Waals surface area contributed by atoms with E-state index >= 15 is 0 Å². The first-order valence-electron chi connectivity index (χ1n) is 9.68. The summed E-state index contributed by atoms with van der Waals surface area (Å²) < 4.78 is 0. The molecule has 27 heavy (non-hydrogen) atoms. The number of hydrogen-bond acceptors (Lipinski definition) is 4. The Hall–Kier alpha value is -2.76. The second kappa shape index (κ2) is 7.86. The number of amides is 2. The molecule has 2 aromatic rings. The number of carbonyl (C=O) groups excluding carboxylic acids is 2. The maximum atomic E-state index is 13.1. The SMILES string of the molecule is O=C(Nc1cnccn1)[C@H](CC1CCCCC1)N1Cc2ccccc2C1=O. The molecule has 6 nitrogen and oxygen atoms in total. The Morgan fingerprint density at radius 1 is 1.19 bits per heavy atom. The third-order valence-corrected chi connectivity index (χ3v) is 5.62. The largest absolute Gasteiger partial charge is 0.322 e. The molecule has 2 amide bonds. The Kier molecular flexibility index (Phi) is 5.14. The summed E-state index contributed by atoms with van der Waals surface area (Å²) in [5, 5.41) is 2.85. The molecule has 0 unspecified atom stereocenters. The standard InChI is InChI=1S/C21H24N4O2/c26-20(24-19-13-22-10-11-23-19)18(12-15-6-2-1-3-7-15)25-14-16-8-4-5-9-17(16)21(25)27/h4-5,8-11,13,15,18H,1-3,6-7,12,14H2,(H,23,24,26)/t18-/m0/s1. The van der Waals surface area contributed by atoms with Crippen LogP contribution in [0.4, 0.5) is 5.82 Å². The Morgan fingerprint density at radius 3 is 2.74 bits per heavy atom. The highest BCUT2D eigenvalue weighted by molar-refractivity contribution is 6.03. The second-order valence-electron chi connectivity index (χ2n) is 7.43. The lowest BCUT2D eigenvalue weighted by atomic mass is 9.84. The molecule has 1 saturated carbocycles. The van der Waals surface area contributed by atoms with Crippen molar-refractivity contribution in [2.24, 2.45) is 5.92 Å². The first-order valence-corrected chi connectivity index (χ1v) is 9.68. The molecule has 140 valence electrons. The van der Waals surface area contributed by atoms with Gasteiger partial charge in [0.1, 0.15) is 6.04 Å². The van der Waals surface area contributed by atoms with Gasteiger partial charge in [0.05, 0.1) is 6.20 Å². The van der Waals surface area contributed by atoms with E-state index in [1.807, 2.05) is 24.3 Å². The van der Waals surface area contributed by atoms with Crippen molar-refractivity contribution in [1.82, 2.24) is 14.9 Å². The summed E-state index contributed by atoms with van der Waals surface area (Å²) in [7, 11) is 0. The van der Waals surface area contributed by atoms with Crippen LogP contribution in [0.1, 0.15) is 54.4 Å². The van der Waals surface area contributed by atoms with Gasteiger partial charge in [-0.3, -0.25) is 14.6 Å². The van der Waals surface area contributed by atoms with Gasteiger partial charge in [-0.05, 0) is 24.0 Å². The molecule has 1 N–H and O–H groups in total. The molecule has 0 radical (unpaired) electrons. The van der Waals surface area contributed by atoms with Gasteiger partial charge in [0, 0.05) is 24.5 Å². The van der Waals surface area contributed by atoms with Gasteiger partial charge in [-0.1, -0.05) is 50.3 Å². The van der Waals surface area contributed by atoms with Crippen molar-refractivity contribution in [1.29, 1.82) is 0 Å². The van der Waals surface area contributed by atoms with E-state index in [4.69, 9.17) is 0 Å². The number of nitrogens with one attached hydrogen (secondary N) is 1. The van der Waals surface area contributed by atoms with Gasteiger partial charge >= 0.3 is 0 Å². The molecule has 2 aliphatic rings. The zero-order chi connectivity index (χ0) is 18.6. The molecule has 4 rings (SSSR count). The van der Waals surface area contributed by atoms with E-state index in [1.54, 1.807) is 17.3 Å². The number of anilines is 1. The molecular weight excluding hydrogens is 340 g/mol. The van der Waals surface area contributed by atoms with Crippen LogP contribution in [0.5, 0.6) is 0 Å². The molecule has 1 fully saturated rings. The summed E-state index contributed by atoms with van der Waals surface area (Å²) in [5.74, 6) is 0.663. The number of fused-ring (bicyclic) bond motifs is 1. The summed E-state index contributed by atoms with van der Waals surface area (Å²) in [5.41, 5.74) is 1.70. The minimum absolute atomic E-state index is 0.0549. The summed E-state index contributed by atoms with van der Waals surface area (Å²) in [4.78, 5) is 35.9. The fourth-order valence-corrected chi connectivity index (χ4v) is 4.22. The van der Waals surface area contributed by atoms with Crippen molar-refractivity contribution in [3.05, 3.63) is 54.0 Å². The zero-order valence-corrected chi connectivity index (χ0v) is 15.3. The minimum atomic E-state index is -0.491. The van der Waals surface area contributed by atoms with Gasteiger partial charge < -0.3 is 10.2 Å². The predicted molar refractivity (Wildman–Crippen MR) is 102 cm³/mol. The monoisotopic (exact) mass is 364 g/mol. The van der Waals surface area contributed by atoms with Gasteiger partial charge in [0.15, 0.2) is 5.82 Å². The normalized spacial score (nSPS) is 18.2. The maximum Gasteiger partial charge on any atom is 0.255 e. The average molecular weight is 364 g/mol. The van der Waals surface area contributed by atoms with Crippen LogP contribution in [0, 0.1) is 5.92 Å². The van der Waals surface area contributed by atoms with Crippen LogP contribution >= 0.6 is 0 Å². The molecule has 1 aliphatic carbocycles. The van der Waals surface area contributed by atoms with Crippen molar-refractivity contribution < 1.29 is 9.59 Å². The fourth-order valence-electron chi connectivity index (χ4n) is 4.22. The van der Waals surface area contributed by atoms with Crippen molar-refractivity contribution in [3.63, 3.8) is 0 Å². The highest BCUT2D eigenvalue weighted by Gasteiger charge is 2.37. The Bertz CT molecular complexity index is 818. The number of aromatic nitrogens is 2. The lowest BCUT2D eigenvalue weighted by Crippen LogP contribution is -2.45. The molecule has 0 saturated heterocycles. The second-order valence-corrected chi connectivity index (χ2v) is 7.43. The Balaban J connectivity index is 1.56. The van der Waals surface area contributed by atoms with Crippen molar-refractivity contribution in [3.8, 4) is 0 Å². The predicted octanol–water partition coefficient (Wildman–Crippen LogP) is 3.41. The topological polar surface area (TPSA) is 75.2 Å². The highest BCUT2D eigenvalue weighted by Crippen LogP contribution is 2.32. The van der Waals surface area contributed by atoms with E-state index < -0.39 is 6.04 Å². The molecule has 0 spiro atoms. The van der Waals surface area contributed by atoms with Gasteiger partial charge in [-0.2, -0.15) is 0 Å². The summed E-state index contributed by atoms with van der Waals surface area (Å²) in [6.07, 6.45) is 11.3. The molecule has 1 aliphatic heterocycles.